The Morgan fingerprint density at radius 2 is 2.08 bits per heavy atom. The lowest BCUT2D eigenvalue weighted by Gasteiger charge is -2.36. The Hall–Kier alpha value is -1.63. The highest BCUT2D eigenvalue weighted by molar-refractivity contribution is 5.72. The zero-order chi connectivity index (χ0) is 17.7. The first-order chi connectivity index (χ1) is 11.3. The molecule has 1 heterocycles. The van der Waals surface area contributed by atoms with E-state index in [0.29, 0.717) is 18.7 Å². The van der Waals surface area contributed by atoms with Crippen LogP contribution in [-0.4, -0.2) is 29.9 Å². The molecule has 1 N–H and O–H groups in total. The third-order valence-corrected chi connectivity index (χ3v) is 4.32. The van der Waals surface area contributed by atoms with Crippen LogP contribution in [0.15, 0.2) is 18.2 Å². The first kappa shape index (κ1) is 18.7. The molecular formula is C17H22F4N2O. The average Bonchev–Trinajstić information content (AvgIpc) is 2.49. The van der Waals surface area contributed by atoms with Gasteiger partial charge in [0, 0.05) is 26.1 Å². The van der Waals surface area contributed by atoms with E-state index in [2.05, 4.69) is 10.2 Å². The van der Waals surface area contributed by atoms with Crippen molar-refractivity contribution < 1.29 is 22.4 Å². The van der Waals surface area contributed by atoms with E-state index in [1.165, 1.54) is 13.0 Å². The molecule has 2 rings (SSSR count). The van der Waals surface area contributed by atoms with Gasteiger partial charge in [0.05, 0.1) is 5.56 Å². The topological polar surface area (TPSA) is 32.3 Å². The Kier molecular flexibility index (Phi) is 6.21. The zero-order valence-corrected chi connectivity index (χ0v) is 13.6. The van der Waals surface area contributed by atoms with Gasteiger partial charge in [0.15, 0.2) is 0 Å². The summed E-state index contributed by atoms with van der Waals surface area (Å²) in [6, 6.07) is 3.40. The number of halogens is 4. The fraction of sp³-hybridized carbons (Fsp3) is 0.588. The van der Waals surface area contributed by atoms with E-state index in [0.717, 1.165) is 44.4 Å². The summed E-state index contributed by atoms with van der Waals surface area (Å²) >= 11 is 0. The number of carbonyl (C=O) groups is 1. The summed E-state index contributed by atoms with van der Waals surface area (Å²) < 4.78 is 51.9. The minimum absolute atomic E-state index is 0.0919. The van der Waals surface area contributed by atoms with Crippen LogP contribution in [-0.2, 0) is 17.5 Å². The molecular weight excluding hydrogens is 324 g/mol. The van der Waals surface area contributed by atoms with Crippen LogP contribution in [0.3, 0.4) is 0 Å². The fourth-order valence-electron chi connectivity index (χ4n) is 3.13. The largest absolute Gasteiger partial charge is 0.419 e. The summed E-state index contributed by atoms with van der Waals surface area (Å²) in [5, 5.41) is 2.75. The van der Waals surface area contributed by atoms with Crippen molar-refractivity contribution in [2.24, 2.45) is 0 Å². The van der Waals surface area contributed by atoms with E-state index in [1.54, 1.807) is 0 Å². The van der Waals surface area contributed by atoms with Gasteiger partial charge in [-0.05, 0) is 43.5 Å². The van der Waals surface area contributed by atoms with Crippen LogP contribution in [0, 0.1) is 5.82 Å². The molecule has 24 heavy (non-hydrogen) atoms. The van der Waals surface area contributed by atoms with Crippen LogP contribution in [0.4, 0.5) is 17.6 Å². The first-order valence-corrected chi connectivity index (χ1v) is 8.11. The van der Waals surface area contributed by atoms with Gasteiger partial charge < -0.3 is 5.32 Å². The fourth-order valence-corrected chi connectivity index (χ4v) is 3.13. The molecule has 0 aliphatic carbocycles. The zero-order valence-electron chi connectivity index (χ0n) is 13.6. The molecule has 1 unspecified atom stereocenters. The Morgan fingerprint density at radius 3 is 2.75 bits per heavy atom. The van der Waals surface area contributed by atoms with Crippen molar-refractivity contribution >= 4 is 5.91 Å². The Balaban J connectivity index is 2.05. The molecule has 1 aromatic carbocycles. The third kappa shape index (κ3) is 5.19. The SMILES string of the molecule is CC(=O)NCCC1CCCCN1Cc1ccc(F)c(C(F)(F)F)c1. The van der Waals surface area contributed by atoms with Gasteiger partial charge in [-0.15, -0.1) is 0 Å². The van der Waals surface area contributed by atoms with E-state index in [1.807, 2.05) is 0 Å². The number of nitrogens with one attached hydrogen (secondary N) is 1. The van der Waals surface area contributed by atoms with Gasteiger partial charge in [-0.2, -0.15) is 13.2 Å². The third-order valence-electron chi connectivity index (χ3n) is 4.32. The van der Waals surface area contributed by atoms with Crippen LogP contribution in [0.2, 0.25) is 0 Å². The molecule has 1 atom stereocenters. The lowest BCUT2D eigenvalue weighted by atomic mass is 9.98. The van der Waals surface area contributed by atoms with E-state index in [4.69, 9.17) is 0 Å². The summed E-state index contributed by atoms with van der Waals surface area (Å²) in [5.41, 5.74) is -0.762. The van der Waals surface area contributed by atoms with E-state index < -0.39 is 17.6 Å². The Labute approximate surface area is 139 Å². The molecule has 1 saturated heterocycles. The van der Waals surface area contributed by atoms with Crippen molar-refractivity contribution in [3.63, 3.8) is 0 Å². The lowest BCUT2D eigenvalue weighted by molar-refractivity contribution is -0.140. The van der Waals surface area contributed by atoms with E-state index in [9.17, 15) is 22.4 Å². The van der Waals surface area contributed by atoms with Gasteiger partial charge in [-0.25, -0.2) is 4.39 Å². The predicted octanol–water partition coefficient (Wildman–Crippen LogP) is 3.73. The highest BCUT2D eigenvalue weighted by atomic mass is 19.4. The summed E-state index contributed by atoms with van der Waals surface area (Å²) in [7, 11) is 0. The minimum atomic E-state index is -4.69. The molecule has 0 spiro atoms. The van der Waals surface area contributed by atoms with Gasteiger partial charge in [0.1, 0.15) is 5.82 Å². The molecule has 134 valence electrons. The second-order valence-corrected chi connectivity index (χ2v) is 6.20. The van der Waals surface area contributed by atoms with Crippen molar-refractivity contribution in [3.8, 4) is 0 Å². The van der Waals surface area contributed by atoms with Crippen molar-refractivity contribution in [1.82, 2.24) is 10.2 Å². The molecule has 0 bridgehead atoms. The number of nitrogens with zero attached hydrogens (tertiary/aromatic N) is 1. The molecule has 1 fully saturated rings. The Morgan fingerprint density at radius 1 is 1.33 bits per heavy atom. The summed E-state index contributed by atoms with van der Waals surface area (Å²) in [6.45, 7) is 3.15. The van der Waals surface area contributed by atoms with Crippen LogP contribution in [0.1, 0.15) is 43.7 Å². The monoisotopic (exact) mass is 346 g/mol. The minimum Gasteiger partial charge on any atom is -0.356 e. The summed E-state index contributed by atoms with van der Waals surface area (Å²) in [5.74, 6) is -1.34. The van der Waals surface area contributed by atoms with Crippen LogP contribution < -0.4 is 5.32 Å². The molecule has 0 radical (unpaired) electrons. The average molecular weight is 346 g/mol. The van der Waals surface area contributed by atoms with Gasteiger partial charge in [0.2, 0.25) is 5.91 Å². The normalized spacial score (nSPS) is 19.3. The number of amides is 1. The maximum Gasteiger partial charge on any atom is 0.419 e. The maximum atomic E-state index is 13.4. The smallest absolute Gasteiger partial charge is 0.356 e. The molecule has 1 aromatic rings. The number of alkyl halides is 3. The van der Waals surface area contributed by atoms with Crippen LogP contribution in [0.25, 0.3) is 0 Å². The molecule has 0 aromatic heterocycles. The molecule has 3 nitrogen and oxygen atoms in total. The molecule has 1 aliphatic heterocycles. The van der Waals surface area contributed by atoms with Gasteiger partial charge >= 0.3 is 6.18 Å². The number of hydrogen-bond donors (Lipinski definition) is 1. The lowest BCUT2D eigenvalue weighted by Crippen LogP contribution is -2.41. The number of benzene rings is 1. The van der Waals surface area contributed by atoms with Crippen molar-refractivity contribution in [3.05, 3.63) is 35.1 Å². The maximum absolute atomic E-state index is 13.4. The quantitative estimate of drug-likeness (QED) is 0.824. The van der Waals surface area contributed by atoms with E-state index in [-0.39, 0.29) is 11.9 Å². The first-order valence-electron chi connectivity index (χ1n) is 8.11. The van der Waals surface area contributed by atoms with Crippen molar-refractivity contribution in [2.45, 2.75) is 51.4 Å². The van der Waals surface area contributed by atoms with Gasteiger partial charge in [-0.3, -0.25) is 9.69 Å². The number of hydrogen-bond acceptors (Lipinski definition) is 2. The second kappa shape index (κ2) is 7.96. The van der Waals surface area contributed by atoms with Crippen LogP contribution in [0.5, 0.6) is 0 Å². The van der Waals surface area contributed by atoms with Gasteiger partial charge in [-0.1, -0.05) is 12.5 Å². The standard InChI is InChI=1S/C17H22F4N2O/c1-12(24)22-8-7-14-4-2-3-9-23(14)11-13-5-6-16(18)15(10-13)17(19,20)21/h5-6,10,14H,2-4,7-9,11H2,1H3,(H,22,24). The van der Waals surface area contributed by atoms with E-state index >= 15 is 0 Å². The molecule has 0 saturated carbocycles. The number of piperidine rings is 1. The Bertz CT molecular complexity index is 574. The number of likely N-dealkylation sites (tertiary alicyclic amines) is 1. The highest BCUT2D eigenvalue weighted by Crippen LogP contribution is 2.32. The molecule has 1 aliphatic rings. The predicted molar refractivity (Wildman–Crippen MR) is 82.8 cm³/mol. The number of rotatable bonds is 5. The van der Waals surface area contributed by atoms with Crippen LogP contribution >= 0.6 is 0 Å². The molecule has 1 amide bonds. The number of carbonyl (C=O) groups excluding carboxylic acids is 1. The van der Waals surface area contributed by atoms with Crippen molar-refractivity contribution in [2.75, 3.05) is 13.1 Å². The van der Waals surface area contributed by atoms with Crippen molar-refractivity contribution in [1.29, 1.82) is 0 Å². The molecule has 7 heteroatoms. The summed E-state index contributed by atoms with van der Waals surface area (Å²) in [6.07, 6.45) is -0.922. The highest BCUT2D eigenvalue weighted by Gasteiger charge is 2.34. The second-order valence-electron chi connectivity index (χ2n) is 6.20. The summed E-state index contributed by atoms with van der Waals surface area (Å²) in [4.78, 5) is 13.1. The van der Waals surface area contributed by atoms with Gasteiger partial charge in [0.25, 0.3) is 0 Å².